The lowest BCUT2D eigenvalue weighted by Gasteiger charge is -2.16. The third-order valence-corrected chi connectivity index (χ3v) is 5.66. The van der Waals surface area contributed by atoms with Gasteiger partial charge in [0, 0.05) is 12.1 Å². The van der Waals surface area contributed by atoms with E-state index in [4.69, 9.17) is 16.9 Å². The van der Waals surface area contributed by atoms with Gasteiger partial charge in [0.1, 0.15) is 17.6 Å². The number of anilines is 2. The van der Waals surface area contributed by atoms with Crippen LogP contribution >= 0.6 is 0 Å². The number of nitrogens with two attached hydrogens (primary N) is 2. The van der Waals surface area contributed by atoms with Gasteiger partial charge in [0.15, 0.2) is 34.7 Å². The van der Waals surface area contributed by atoms with Crippen LogP contribution in [-0.2, 0) is 6.54 Å². The van der Waals surface area contributed by atoms with Gasteiger partial charge in [-0.25, -0.2) is 28.7 Å². The molecule has 0 aliphatic heterocycles. The molecule has 0 fully saturated rings. The molecule has 39 heavy (non-hydrogen) atoms. The second-order valence-electron chi connectivity index (χ2n) is 8.39. The molecule has 0 radical (unpaired) electrons. The summed E-state index contributed by atoms with van der Waals surface area (Å²) in [7, 11) is 0. The van der Waals surface area contributed by atoms with Crippen LogP contribution in [0.1, 0.15) is 46.0 Å². The summed E-state index contributed by atoms with van der Waals surface area (Å²) in [5.41, 5.74) is 13.5. The maximum Gasteiger partial charge on any atom is 0.274 e. The first-order valence-electron chi connectivity index (χ1n) is 11.5. The molecule has 0 aliphatic carbocycles. The minimum atomic E-state index is -1.03. The molecule has 2 aromatic heterocycles. The molecule has 7 N–H and O–H groups in total. The van der Waals surface area contributed by atoms with Gasteiger partial charge >= 0.3 is 0 Å². The number of nitriles is 1. The molecule has 196 valence electrons. The van der Waals surface area contributed by atoms with Gasteiger partial charge in [0.25, 0.3) is 5.91 Å². The second-order valence-corrected chi connectivity index (χ2v) is 8.39. The summed E-state index contributed by atoms with van der Waals surface area (Å²) in [6.45, 7) is 1.86. The van der Waals surface area contributed by atoms with Crippen LogP contribution in [0.4, 0.5) is 20.4 Å². The number of hydrogen-bond acceptors (Lipinski definition) is 9. The number of nitrogens with one attached hydrogen (secondary N) is 3. The smallest absolute Gasteiger partial charge is 0.274 e. The number of amides is 1. The minimum absolute atomic E-state index is 0.0645. The van der Waals surface area contributed by atoms with Crippen molar-refractivity contribution in [1.82, 2.24) is 25.3 Å². The highest BCUT2D eigenvalue weighted by Gasteiger charge is 2.20. The normalized spacial score (nSPS) is 11.3. The van der Waals surface area contributed by atoms with Crippen molar-refractivity contribution in [1.29, 1.82) is 10.7 Å². The third kappa shape index (κ3) is 6.08. The van der Waals surface area contributed by atoms with E-state index in [1.807, 2.05) is 18.2 Å². The van der Waals surface area contributed by atoms with Crippen molar-refractivity contribution >= 4 is 23.4 Å². The number of carbonyl (C=O) groups excluding carboxylic acids is 1. The molecule has 11 nitrogen and oxygen atoms in total. The highest BCUT2D eigenvalue weighted by molar-refractivity contribution is 5.97. The van der Waals surface area contributed by atoms with E-state index in [0.29, 0.717) is 11.3 Å². The van der Waals surface area contributed by atoms with Gasteiger partial charge in [-0.3, -0.25) is 10.2 Å². The molecule has 0 saturated carbocycles. The summed E-state index contributed by atoms with van der Waals surface area (Å²) in [5.74, 6) is -2.77. The first-order valence-corrected chi connectivity index (χ1v) is 11.5. The summed E-state index contributed by atoms with van der Waals surface area (Å²) < 4.78 is 26.9. The number of nitrogen functional groups attached to an aromatic ring is 2. The second kappa shape index (κ2) is 11.3. The zero-order chi connectivity index (χ0) is 28.1. The first kappa shape index (κ1) is 26.6. The lowest BCUT2D eigenvalue weighted by atomic mass is 10.1. The molecule has 0 spiro atoms. The quantitative estimate of drug-likeness (QED) is 0.169. The number of aromatic nitrogens is 4. The van der Waals surface area contributed by atoms with Gasteiger partial charge in [-0.15, -0.1) is 0 Å². The van der Waals surface area contributed by atoms with E-state index in [2.05, 4.69) is 30.6 Å². The predicted molar refractivity (Wildman–Crippen MR) is 139 cm³/mol. The van der Waals surface area contributed by atoms with Gasteiger partial charge in [0.05, 0.1) is 24.1 Å². The molecule has 13 heteroatoms. The van der Waals surface area contributed by atoms with E-state index in [1.165, 1.54) is 18.5 Å². The Kier molecular flexibility index (Phi) is 7.67. The molecular weight excluding hydrogens is 506 g/mol. The highest BCUT2D eigenvalue weighted by Crippen LogP contribution is 2.21. The summed E-state index contributed by atoms with van der Waals surface area (Å²) in [6, 6.07) is 11.7. The Balaban J connectivity index is 1.49. The van der Waals surface area contributed by atoms with Crippen molar-refractivity contribution in [2.75, 3.05) is 11.1 Å². The van der Waals surface area contributed by atoms with Crippen molar-refractivity contribution in [2.45, 2.75) is 19.5 Å². The van der Waals surface area contributed by atoms with Gasteiger partial charge in [-0.1, -0.05) is 30.3 Å². The van der Waals surface area contributed by atoms with E-state index < -0.39 is 23.6 Å². The van der Waals surface area contributed by atoms with Gasteiger partial charge < -0.3 is 22.1 Å². The first-order chi connectivity index (χ1) is 18.7. The number of carbonyl (C=O) groups is 1. The zero-order valence-corrected chi connectivity index (χ0v) is 20.5. The molecule has 1 atom stereocenters. The third-order valence-electron chi connectivity index (χ3n) is 5.66. The Labute approximate surface area is 221 Å². The van der Waals surface area contributed by atoms with E-state index in [0.717, 1.165) is 23.3 Å². The Hall–Kier alpha value is -5.51. The van der Waals surface area contributed by atoms with Crippen LogP contribution in [-0.4, -0.2) is 31.7 Å². The van der Waals surface area contributed by atoms with Crippen molar-refractivity contribution in [3.05, 3.63) is 94.7 Å². The molecule has 0 aliphatic rings. The average Bonchev–Trinajstić information content (AvgIpc) is 2.93. The largest absolute Gasteiger partial charge is 0.382 e. The van der Waals surface area contributed by atoms with Gasteiger partial charge in [-0.2, -0.15) is 5.26 Å². The Morgan fingerprint density at radius 2 is 1.82 bits per heavy atom. The predicted octanol–water partition coefficient (Wildman–Crippen LogP) is 3.05. The summed E-state index contributed by atoms with van der Waals surface area (Å²) in [5, 5.41) is 22.5. The maximum atomic E-state index is 13.6. The van der Waals surface area contributed by atoms with Gasteiger partial charge in [-0.05, 0) is 30.2 Å². The Bertz CT molecular complexity index is 1600. The summed E-state index contributed by atoms with van der Waals surface area (Å²) in [4.78, 5) is 29.6. The fourth-order valence-corrected chi connectivity index (χ4v) is 3.58. The number of hydrogen-bond donors (Lipinski definition) is 5. The summed E-state index contributed by atoms with van der Waals surface area (Å²) >= 11 is 0. The minimum Gasteiger partial charge on any atom is -0.382 e. The van der Waals surface area contributed by atoms with Crippen LogP contribution < -0.4 is 22.1 Å². The van der Waals surface area contributed by atoms with E-state index in [-0.39, 0.29) is 41.1 Å². The average molecular weight is 529 g/mol. The van der Waals surface area contributed by atoms with Crippen molar-refractivity contribution in [3.63, 3.8) is 0 Å². The van der Waals surface area contributed by atoms with Crippen LogP contribution in [0.3, 0.4) is 0 Å². The van der Waals surface area contributed by atoms with Crippen LogP contribution in [0.15, 0.2) is 54.9 Å². The van der Waals surface area contributed by atoms with E-state index in [9.17, 15) is 18.8 Å². The monoisotopic (exact) mass is 528 g/mol. The summed E-state index contributed by atoms with van der Waals surface area (Å²) in [6.07, 6.45) is 2.71. The zero-order valence-electron chi connectivity index (χ0n) is 20.5. The number of benzene rings is 2. The van der Waals surface area contributed by atoms with Crippen molar-refractivity contribution < 1.29 is 13.6 Å². The molecule has 4 aromatic rings. The molecule has 2 aromatic carbocycles. The molecule has 2 heterocycles. The van der Waals surface area contributed by atoms with Crippen LogP contribution in [0.5, 0.6) is 0 Å². The molecule has 1 unspecified atom stereocenters. The van der Waals surface area contributed by atoms with Crippen LogP contribution in [0.2, 0.25) is 0 Å². The molecule has 0 bridgehead atoms. The number of amidine groups is 1. The maximum absolute atomic E-state index is 13.6. The van der Waals surface area contributed by atoms with E-state index >= 15 is 0 Å². The standard InChI is InChI=1S/C26H22F2N10O/c1-13(16-6-7-18(27)19(28)8-16)36-26(39)22-25(35-11-17(9-29)37-22)34-10-14-2-4-15(5-3-14)20-12-33-24(32)21(38-20)23(30)31/h2-8,11-13H,10H2,1H3,(H3,30,31)(H2,32,33)(H,34,35)(H,36,39). The van der Waals surface area contributed by atoms with Crippen LogP contribution in [0.25, 0.3) is 11.3 Å². The fourth-order valence-electron chi connectivity index (χ4n) is 3.58. The Morgan fingerprint density at radius 3 is 2.49 bits per heavy atom. The SMILES string of the molecule is CC(NC(=O)c1nc(C#N)cnc1NCc1ccc(-c2cnc(N)c(C(=N)N)n2)cc1)c1ccc(F)c(F)c1. The highest BCUT2D eigenvalue weighted by atomic mass is 19.2. The number of rotatable bonds is 8. The topological polar surface area (TPSA) is 192 Å². The number of nitrogens with zero attached hydrogens (tertiary/aromatic N) is 5. The molecular formula is C26H22F2N10O. The lowest BCUT2D eigenvalue weighted by molar-refractivity contribution is 0.0935. The van der Waals surface area contributed by atoms with Crippen molar-refractivity contribution in [3.8, 4) is 17.3 Å². The molecule has 1 amide bonds. The van der Waals surface area contributed by atoms with Crippen molar-refractivity contribution in [2.24, 2.45) is 5.73 Å². The molecule has 4 rings (SSSR count). The van der Waals surface area contributed by atoms with E-state index in [1.54, 1.807) is 19.1 Å². The fraction of sp³-hybridized carbons (Fsp3) is 0.115. The molecule has 0 saturated heterocycles. The Morgan fingerprint density at radius 1 is 1.08 bits per heavy atom. The lowest BCUT2D eigenvalue weighted by Crippen LogP contribution is -2.29. The number of halogens is 2. The van der Waals surface area contributed by atoms with Gasteiger partial charge in [0.2, 0.25) is 0 Å². The van der Waals surface area contributed by atoms with Crippen LogP contribution in [0, 0.1) is 28.4 Å².